The van der Waals surface area contributed by atoms with Crippen LogP contribution in [-0.2, 0) is 9.59 Å². The van der Waals surface area contributed by atoms with Crippen molar-refractivity contribution < 1.29 is 19.1 Å². The lowest BCUT2D eigenvalue weighted by atomic mass is 10.1. The van der Waals surface area contributed by atoms with Crippen LogP contribution in [0.1, 0.15) is 19.3 Å². The van der Waals surface area contributed by atoms with E-state index in [9.17, 15) is 9.59 Å². The molecule has 25 heavy (non-hydrogen) atoms. The first kappa shape index (κ1) is 17.5. The molecule has 2 amide bonds. The number of anilines is 1. The van der Waals surface area contributed by atoms with Gasteiger partial charge in [-0.25, -0.2) is 0 Å². The third-order valence-corrected chi connectivity index (χ3v) is 4.91. The highest BCUT2D eigenvalue weighted by atomic mass is 16.5. The standard InChI is InChI=1S/C18H25N3O4/c1-24-13-5-6-15(16(8-13)25-2)21-10-12(7-17(21)22)18(23)20-9-14(19)11-3-4-11/h5-6,8,11-12,14H,3-4,7,9-10,19H2,1-2H3,(H,20,23). The minimum atomic E-state index is -0.370. The number of hydrogen-bond donors (Lipinski definition) is 2. The van der Waals surface area contributed by atoms with Gasteiger partial charge in [-0.3, -0.25) is 9.59 Å². The van der Waals surface area contributed by atoms with Crippen LogP contribution >= 0.6 is 0 Å². The van der Waals surface area contributed by atoms with E-state index in [1.54, 1.807) is 37.3 Å². The maximum atomic E-state index is 12.4. The van der Waals surface area contributed by atoms with Crippen molar-refractivity contribution in [1.29, 1.82) is 0 Å². The van der Waals surface area contributed by atoms with Crippen LogP contribution in [0.25, 0.3) is 0 Å². The summed E-state index contributed by atoms with van der Waals surface area (Å²) in [5.74, 6) is 1.16. The van der Waals surface area contributed by atoms with E-state index in [0.717, 1.165) is 12.8 Å². The second-order valence-electron chi connectivity index (χ2n) is 6.69. The lowest BCUT2D eigenvalue weighted by molar-refractivity contribution is -0.126. The monoisotopic (exact) mass is 347 g/mol. The molecule has 136 valence electrons. The Morgan fingerprint density at radius 2 is 2.12 bits per heavy atom. The minimum absolute atomic E-state index is 0.0128. The van der Waals surface area contributed by atoms with Crippen molar-refractivity contribution in [2.45, 2.75) is 25.3 Å². The van der Waals surface area contributed by atoms with Crippen LogP contribution in [-0.4, -0.2) is 45.2 Å². The summed E-state index contributed by atoms with van der Waals surface area (Å²) >= 11 is 0. The van der Waals surface area contributed by atoms with E-state index in [0.29, 0.717) is 36.2 Å². The molecule has 7 nitrogen and oxygen atoms in total. The van der Waals surface area contributed by atoms with Gasteiger partial charge in [0.05, 0.1) is 25.8 Å². The number of hydrogen-bond acceptors (Lipinski definition) is 5. The van der Waals surface area contributed by atoms with E-state index in [1.165, 1.54) is 0 Å². The Labute approximate surface area is 147 Å². The average Bonchev–Trinajstić information content (AvgIpc) is 3.41. The molecule has 2 fully saturated rings. The van der Waals surface area contributed by atoms with E-state index >= 15 is 0 Å². The van der Waals surface area contributed by atoms with Gasteiger partial charge in [0, 0.05) is 31.6 Å². The minimum Gasteiger partial charge on any atom is -0.497 e. The smallest absolute Gasteiger partial charge is 0.227 e. The molecular weight excluding hydrogens is 322 g/mol. The van der Waals surface area contributed by atoms with Gasteiger partial charge in [-0.15, -0.1) is 0 Å². The molecule has 2 unspecified atom stereocenters. The molecule has 0 spiro atoms. The van der Waals surface area contributed by atoms with Crippen LogP contribution in [0, 0.1) is 11.8 Å². The van der Waals surface area contributed by atoms with E-state index in [4.69, 9.17) is 15.2 Å². The first-order chi connectivity index (χ1) is 12.0. The van der Waals surface area contributed by atoms with Crippen molar-refractivity contribution in [1.82, 2.24) is 5.32 Å². The predicted molar refractivity (Wildman–Crippen MR) is 93.7 cm³/mol. The lowest BCUT2D eigenvalue weighted by Crippen LogP contribution is -2.41. The van der Waals surface area contributed by atoms with Gasteiger partial charge < -0.3 is 25.4 Å². The lowest BCUT2D eigenvalue weighted by Gasteiger charge is -2.20. The van der Waals surface area contributed by atoms with Gasteiger partial charge in [0.15, 0.2) is 0 Å². The van der Waals surface area contributed by atoms with E-state index in [2.05, 4.69) is 5.32 Å². The van der Waals surface area contributed by atoms with Crippen LogP contribution in [0.2, 0.25) is 0 Å². The van der Waals surface area contributed by atoms with Crippen LogP contribution in [0.3, 0.4) is 0 Å². The number of benzene rings is 1. The van der Waals surface area contributed by atoms with Gasteiger partial charge in [-0.1, -0.05) is 0 Å². The average molecular weight is 347 g/mol. The summed E-state index contributed by atoms with van der Waals surface area (Å²) in [6, 6.07) is 5.29. The molecule has 1 saturated carbocycles. The fraction of sp³-hybridized carbons (Fsp3) is 0.556. The molecule has 1 saturated heterocycles. The van der Waals surface area contributed by atoms with E-state index in [1.807, 2.05) is 0 Å². The maximum Gasteiger partial charge on any atom is 0.227 e. The molecule has 3 N–H and O–H groups in total. The molecule has 1 aromatic carbocycles. The molecule has 0 aromatic heterocycles. The van der Waals surface area contributed by atoms with E-state index < -0.39 is 0 Å². The van der Waals surface area contributed by atoms with Crippen molar-refractivity contribution in [2.75, 3.05) is 32.2 Å². The van der Waals surface area contributed by atoms with Crippen molar-refractivity contribution in [3.63, 3.8) is 0 Å². The van der Waals surface area contributed by atoms with Gasteiger partial charge in [-0.2, -0.15) is 0 Å². The molecular formula is C18H25N3O4. The van der Waals surface area contributed by atoms with Gasteiger partial charge in [-0.05, 0) is 30.9 Å². The summed E-state index contributed by atoms with van der Waals surface area (Å²) in [6.07, 6.45) is 2.48. The number of carbonyl (C=O) groups is 2. The number of carbonyl (C=O) groups excluding carboxylic acids is 2. The zero-order chi connectivity index (χ0) is 18.0. The quantitative estimate of drug-likeness (QED) is 0.765. The highest BCUT2D eigenvalue weighted by Gasteiger charge is 2.37. The Morgan fingerprint density at radius 3 is 2.76 bits per heavy atom. The molecule has 7 heteroatoms. The Morgan fingerprint density at radius 1 is 1.36 bits per heavy atom. The van der Waals surface area contributed by atoms with Crippen molar-refractivity contribution >= 4 is 17.5 Å². The summed E-state index contributed by atoms with van der Waals surface area (Å²) in [6.45, 7) is 0.812. The topological polar surface area (TPSA) is 93.9 Å². The fourth-order valence-electron chi connectivity index (χ4n) is 3.18. The van der Waals surface area contributed by atoms with Gasteiger partial charge in [0.1, 0.15) is 11.5 Å². The van der Waals surface area contributed by atoms with Crippen LogP contribution in [0.15, 0.2) is 18.2 Å². The van der Waals surface area contributed by atoms with Crippen molar-refractivity contribution in [3.05, 3.63) is 18.2 Å². The zero-order valence-electron chi connectivity index (χ0n) is 14.7. The SMILES string of the molecule is COc1ccc(N2CC(C(=O)NCC(N)C3CC3)CC2=O)c(OC)c1. The molecule has 1 aliphatic carbocycles. The number of nitrogens with two attached hydrogens (primary N) is 1. The largest absolute Gasteiger partial charge is 0.497 e. The molecule has 0 bridgehead atoms. The molecule has 3 rings (SSSR count). The number of methoxy groups -OCH3 is 2. The Balaban J connectivity index is 1.64. The maximum absolute atomic E-state index is 12.4. The number of amides is 2. The predicted octanol–water partition coefficient (Wildman–Crippen LogP) is 0.910. The first-order valence-electron chi connectivity index (χ1n) is 8.59. The number of ether oxygens (including phenoxy) is 2. The third kappa shape index (κ3) is 3.87. The van der Waals surface area contributed by atoms with Crippen LogP contribution < -0.4 is 25.4 Å². The molecule has 2 atom stereocenters. The number of nitrogens with one attached hydrogen (secondary N) is 1. The van der Waals surface area contributed by atoms with Crippen molar-refractivity contribution in [3.8, 4) is 11.5 Å². The molecule has 2 aliphatic rings. The first-order valence-corrected chi connectivity index (χ1v) is 8.59. The molecule has 1 aliphatic heterocycles. The fourth-order valence-corrected chi connectivity index (χ4v) is 3.18. The Kier molecular flexibility index (Phi) is 5.13. The number of nitrogens with zero attached hydrogens (tertiary/aromatic N) is 1. The Hall–Kier alpha value is -2.28. The normalized spacial score (nSPS) is 21.2. The summed E-state index contributed by atoms with van der Waals surface area (Å²) in [5.41, 5.74) is 6.67. The second-order valence-corrected chi connectivity index (χ2v) is 6.69. The number of rotatable bonds is 7. The Bertz CT molecular complexity index is 660. The highest BCUT2D eigenvalue weighted by Crippen LogP contribution is 2.36. The molecule has 0 radical (unpaired) electrons. The second kappa shape index (κ2) is 7.31. The van der Waals surface area contributed by atoms with Crippen molar-refractivity contribution in [2.24, 2.45) is 17.6 Å². The molecule has 1 aromatic rings. The summed E-state index contributed by atoms with van der Waals surface area (Å²) in [4.78, 5) is 26.4. The summed E-state index contributed by atoms with van der Waals surface area (Å²) in [7, 11) is 3.12. The van der Waals surface area contributed by atoms with Crippen LogP contribution in [0.4, 0.5) is 5.69 Å². The highest BCUT2D eigenvalue weighted by molar-refractivity contribution is 6.01. The van der Waals surface area contributed by atoms with Gasteiger partial charge in [0.25, 0.3) is 0 Å². The van der Waals surface area contributed by atoms with E-state index in [-0.39, 0.29) is 30.2 Å². The zero-order valence-corrected chi connectivity index (χ0v) is 14.7. The summed E-state index contributed by atoms with van der Waals surface area (Å²) in [5, 5.41) is 2.89. The van der Waals surface area contributed by atoms with Crippen LogP contribution in [0.5, 0.6) is 11.5 Å². The summed E-state index contributed by atoms with van der Waals surface area (Å²) < 4.78 is 10.5. The molecule has 1 heterocycles. The van der Waals surface area contributed by atoms with Gasteiger partial charge in [0.2, 0.25) is 11.8 Å². The third-order valence-electron chi connectivity index (χ3n) is 4.91. The van der Waals surface area contributed by atoms with Gasteiger partial charge >= 0.3 is 0 Å².